The van der Waals surface area contributed by atoms with E-state index in [-0.39, 0.29) is 0 Å². The van der Waals surface area contributed by atoms with Crippen LogP contribution in [0.3, 0.4) is 0 Å². The van der Waals surface area contributed by atoms with Gasteiger partial charge in [0.05, 0.1) is 0 Å². The summed E-state index contributed by atoms with van der Waals surface area (Å²) in [5.41, 5.74) is 0. The molecule has 0 spiro atoms. The van der Waals surface area contributed by atoms with Gasteiger partial charge in [-0.3, -0.25) is 0 Å². The van der Waals surface area contributed by atoms with Gasteiger partial charge in [-0.2, -0.15) is 0 Å². The van der Waals surface area contributed by atoms with E-state index in [1.807, 2.05) is 22.7 Å². The third-order valence-electron chi connectivity index (χ3n) is 6.40. The fourth-order valence-electron chi connectivity index (χ4n) is 4.65. The Morgan fingerprint density at radius 1 is 0.581 bits per heavy atom. The normalized spacial score (nSPS) is 12.2. The van der Waals surface area contributed by atoms with Crippen LogP contribution in [0.5, 0.6) is 0 Å². The zero-order valence-corrected chi connectivity index (χ0v) is 22.1. The molecule has 0 saturated carbocycles. The number of unbranched alkanes of at least 4 members (excludes halogenated alkanes) is 6. The first kappa shape index (κ1) is 21.7. The molecular weight excluding hydrogens is 479 g/mol. The van der Waals surface area contributed by atoms with Crippen molar-refractivity contribution in [3.8, 4) is 0 Å². The van der Waals surface area contributed by atoms with Crippen molar-refractivity contribution in [1.82, 2.24) is 0 Å². The number of hydrogen-bond donors (Lipinski definition) is 0. The van der Waals surface area contributed by atoms with Crippen molar-refractivity contribution in [3.05, 3.63) is 46.2 Å². The van der Waals surface area contributed by atoms with Crippen molar-refractivity contribution in [2.75, 3.05) is 0 Å². The molecule has 0 aliphatic carbocycles. The molecule has 0 N–H and O–H groups in total. The second-order valence-corrected chi connectivity index (χ2v) is 13.5. The minimum absolute atomic E-state index is 0.444. The number of fused-ring (bicyclic) bond motifs is 5. The van der Waals surface area contributed by atoms with E-state index in [4.69, 9.17) is 0 Å². The fraction of sp³-hybridized carbons (Fsp3) is 0.429. The molecule has 5 aromatic rings. The molecule has 0 unspecified atom stereocenters. The Balaban J connectivity index is 1.44. The fourth-order valence-corrected chi connectivity index (χ4v) is 9.35. The first-order valence-corrected chi connectivity index (χ1v) is 15.4. The molecule has 0 nitrogen and oxygen atoms in total. The Bertz CT molecular complexity index is 1220. The second kappa shape index (κ2) is 9.79. The van der Waals surface area contributed by atoms with Crippen LogP contribution >= 0.6 is 22.7 Å². The van der Waals surface area contributed by atoms with E-state index in [2.05, 4.69) is 50.2 Å². The standard InChI is InChI=1S/C28H32S2Se/c1-3-5-7-9-11-21-13-19-15-27-23(17-25(19)29-21)24-18-26-20(16-28(24)31-27)14-22(30-26)12-10-8-6-4-2/h13-18H,3-12H2,1-2H3. The molecule has 0 aliphatic heterocycles. The average molecular weight is 512 g/mol. The maximum absolute atomic E-state index is 2.50. The van der Waals surface area contributed by atoms with E-state index in [0.717, 1.165) is 0 Å². The van der Waals surface area contributed by atoms with Crippen LogP contribution in [0.2, 0.25) is 0 Å². The molecule has 3 aromatic heterocycles. The van der Waals surface area contributed by atoms with Crippen molar-refractivity contribution < 1.29 is 0 Å². The molecule has 5 rings (SSSR count). The van der Waals surface area contributed by atoms with E-state index < -0.39 is 0 Å². The number of thiophene rings is 2. The monoisotopic (exact) mass is 512 g/mol. The number of benzene rings is 2. The Hall–Kier alpha value is -1.12. The van der Waals surface area contributed by atoms with Gasteiger partial charge in [0, 0.05) is 0 Å². The van der Waals surface area contributed by atoms with Gasteiger partial charge in [0.1, 0.15) is 0 Å². The Kier molecular flexibility index (Phi) is 6.86. The van der Waals surface area contributed by atoms with Crippen LogP contribution in [0.25, 0.3) is 39.5 Å². The SMILES string of the molecule is CCCCCCc1cc2cc3[se]c4cc5cc(CCCCCC)sc5cc4c3cc2s1. The van der Waals surface area contributed by atoms with Crippen molar-refractivity contribution in [1.29, 1.82) is 0 Å². The molecule has 0 saturated heterocycles. The topological polar surface area (TPSA) is 0 Å². The van der Waals surface area contributed by atoms with Gasteiger partial charge in [-0.05, 0) is 0 Å². The van der Waals surface area contributed by atoms with Gasteiger partial charge in [0.25, 0.3) is 0 Å². The maximum atomic E-state index is 2.50. The summed E-state index contributed by atoms with van der Waals surface area (Å²) in [5, 5.41) is 5.98. The summed E-state index contributed by atoms with van der Waals surface area (Å²) < 4.78 is 6.14. The molecule has 0 fully saturated rings. The summed E-state index contributed by atoms with van der Waals surface area (Å²) in [5.74, 6) is 0. The van der Waals surface area contributed by atoms with E-state index in [1.54, 1.807) is 18.3 Å². The van der Waals surface area contributed by atoms with Crippen molar-refractivity contribution >= 4 is 76.6 Å². The molecule has 0 amide bonds. The molecule has 3 heteroatoms. The van der Waals surface area contributed by atoms with E-state index >= 15 is 0 Å². The van der Waals surface area contributed by atoms with Gasteiger partial charge in [-0.15, -0.1) is 0 Å². The summed E-state index contributed by atoms with van der Waals surface area (Å²) in [6.45, 7) is 4.58. The molecule has 0 atom stereocenters. The Labute approximate surface area is 200 Å². The first-order chi connectivity index (χ1) is 15.2. The second-order valence-electron chi connectivity index (χ2n) is 8.92. The molecule has 0 bridgehead atoms. The average Bonchev–Trinajstić information content (AvgIpc) is 3.44. The first-order valence-electron chi connectivity index (χ1n) is 12.1. The van der Waals surface area contributed by atoms with Gasteiger partial charge in [0.2, 0.25) is 0 Å². The van der Waals surface area contributed by atoms with Gasteiger partial charge < -0.3 is 0 Å². The minimum atomic E-state index is 0.444. The summed E-state index contributed by atoms with van der Waals surface area (Å²) in [6, 6.07) is 14.9. The van der Waals surface area contributed by atoms with Crippen LogP contribution in [0.15, 0.2) is 36.4 Å². The third kappa shape index (κ3) is 4.66. The van der Waals surface area contributed by atoms with Crippen LogP contribution in [-0.4, -0.2) is 14.5 Å². The van der Waals surface area contributed by atoms with Crippen molar-refractivity contribution in [2.24, 2.45) is 0 Å². The molecular formula is C28H32S2Se. The molecule has 162 valence electrons. The quantitative estimate of drug-likeness (QED) is 0.129. The van der Waals surface area contributed by atoms with Gasteiger partial charge >= 0.3 is 201 Å². The summed E-state index contributed by atoms with van der Waals surface area (Å²) in [4.78, 5) is 3.15. The zero-order valence-electron chi connectivity index (χ0n) is 18.8. The molecule has 2 aromatic carbocycles. The van der Waals surface area contributed by atoms with Crippen LogP contribution < -0.4 is 0 Å². The van der Waals surface area contributed by atoms with Gasteiger partial charge in [-0.25, -0.2) is 0 Å². The van der Waals surface area contributed by atoms with Gasteiger partial charge in [0.15, 0.2) is 0 Å². The van der Waals surface area contributed by atoms with Crippen molar-refractivity contribution in [3.63, 3.8) is 0 Å². The number of hydrogen-bond acceptors (Lipinski definition) is 2. The zero-order chi connectivity index (χ0) is 21.2. The summed E-state index contributed by atoms with van der Waals surface area (Å²) >= 11 is 4.50. The van der Waals surface area contributed by atoms with Crippen LogP contribution in [0.4, 0.5) is 0 Å². The number of aryl methyl sites for hydroxylation is 2. The van der Waals surface area contributed by atoms with E-state index in [1.165, 1.54) is 95.2 Å². The Morgan fingerprint density at radius 2 is 1.06 bits per heavy atom. The third-order valence-corrected chi connectivity index (χ3v) is 11.1. The van der Waals surface area contributed by atoms with Crippen LogP contribution in [0, 0.1) is 0 Å². The van der Waals surface area contributed by atoms with Gasteiger partial charge in [-0.1, -0.05) is 0 Å². The van der Waals surface area contributed by atoms with E-state index in [9.17, 15) is 0 Å². The van der Waals surface area contributed by atoms with E-state index in [0.29, 0.717) is 14.5 Å². The molecule has 31 heavy (non-hydrogen) atoms. The predicted octanol–water partition coefficient (Wildman–Crippen LogP) is 9.72. The molecule has 3 heterocycles. The van der Waals surface area contributed by atoms with Crippen LogP contribution in [-0.2, 0) is 12.8 Å². The van der Waals surface area contributed by atoms with Crippen LogP contribution in [0.1, 0.15) is 75.0 Å². The molecule has 0 aliphatic rings. The Morgan fingerprint density at radius 3 is 1.52 bits per heavy atom. The number of rotatable bonds is 10. The van der Waals surface area contributed by atoms with Crippen molar-refractivity contribution in [2.45, 2.75) is 78.1 Å². The predicted molar refractivity (Wildman–Crippen MR) is 145 cm³/mol. The summed E-state index contributed by atoms with van der Waals surface area (Å²) in [7, 11) is 0. The summed E-state index contributed by atoms with van der Waals surface area (Å²) in [6.07, 6.45) is 13.3. The molecule has 0 radical (unpaired) electrons.